The molecule has 0 atom stereocenters. The smallest absolute Gasteiger partial charge is 0.276 e. The quantitative estimate of drug-likeness (QED) is 0.593. The summed E-state index contributed by atoms with van der Waals surface area (Å²) in [5.74, 6) is -0.354. The van der Waals surface area contributed by atoms with Gasteiger partial charge in [-0.1, -0.05) is 30.3 Å². The molecule has 1 aliphatic carbocycles. The van der Waals surface area contributed by atoms with E-state index in [9.17, 15) is 9.59 Å². The number of hydrogen-bond acceptors (Lipinski definition) is 4. The van der Waals surface area contributed by atoms with Gasteiger partial charge < -0.3 is 10.1 Å². The molecule has 0 saturated heterocycles. The summed E-state index contributed by atoms with van der Waals surface area (Å²) >= 11 is 0. The van der Waals surface area contributed by atoms with Crippen molar-refractivity contribution >= 4 is 11.6 Å². The van der Waals surface area contributed by atoms with E-state index in [1.165, 1.54) is 33.5 Å². The van der Waals surface area contributed by atoms with Crippen molar-refractivity contribution < 1.29 is 9.53 Å². The first kappa shape index (κ1) is 17.2. The lowest BCUT2D eigenvalue weighted by atomic mass is 10.1. The second kappa shape index (κ2) is 7.17. The monoisotopic (exact) mass is 361 g/mol. The third-order valence-corrected chi connectivity index (χ3v) is 4.66. The number of amides is 1. The normalized spacial score (nSPS) is 11.7. The van der Waals surface area contributed by atoms with E-state index in [-0.39, 0.29) is 17.2 Å². The van der Waals surface area contributed by atoms with Crippen LogP contribution in [-0.4, -0.2) is 29.4 Å². The fourth-order valence-electron chi connectivity index (χ4n) is 3.30. The van der Waals surface area contributed by atoms with Gasteiger partial charge in [-0.2, -0.15) is 5.10 Å². The minimum Gasteiger partial charge on any atom is -0.383 e. The number of aromatic nitrogens is 2. The van der Waals surface area contributed by atoms with E-state index >= 15 is 0 Å². The highest BCUT2D eigenvalue weighted by molar-refractivity contribution is 6.03. The first-order chi connectivity index (χ1) is 13.2. The zero-order valence-corrected chi connectivity index (χ0v) is 14.9. The van der Waals surface area contributed by atoms with E-state index in [1.54, 1.807) is 7.11 Å². The largest absolute Gasteiger partial charge is 0.383 e. The second-order valence-corrected chi connectivity index (χ2v) is 6.43. The number of fused-ring (bicyclic) bond motifs is 3. The Hall–Kier alpha value is -3.25. The van der Waals surface area contributed by atoms with Gasteiger partial charge in [0.05, 0.1) is 13.2 Å². The summed E-state index contributed by atoms with van der Waals surface area (Å²) in [4.78, 5) is 24.4. The first-order valence-corrected chi connectivity index (χ1v) is 8.75. The van der Waals surface area contributed by atoms with Crippen molar-refractivity contribution in [3.8, 4) is 11.1 Å². The van der Waals surface area contributed by atoms with E-state index in [0.29, 0.717) is 18.8 Å². The number of carbonyl (C=O) groups is 1. The minimum atomic E-state index is -0.354. The molecular weight excluding hydrogens is 342 g/mol. The molecule has 1 amide bonds. The van der Waals surface area contributed by atoms with Crippen molar-refractivity contribution in [2.75, 3.05) is 19.0 Å². The van der Waals surface area contributed by atoms with Crippen molar-refractivity contribution in [2.45, 2.75) is 13.0 Å². The van der Waals surface area contributed by atoms with Crippen LogP contribution in [0.5, 0.6) is 0 Å². The third kappa shape index (κ3) is 3.39. The van der Waals surface area contributed by atoms with Crippen molar-refractivity contribution in [3.05, 3.63) is 81.8 Å². The highest BCUT2D eigenvalue weighted by atomic mass is 16.5. The molecule has 0 saturated carbocycles. The van der Waals surface area contributed by atoms with Gasteiger partial charge in [0.15, 0.2) is 0 Å². The molecule has 6 heteroatoms. The number of ether oxygens (including phenoxy) is 1. The number of carbonyl (C=O) groups excluding carboxylic acids is 1. The van der Waals surface area contributed by atoms with Crippen LogP contribution in [0.15, 0.2) is 59.4 Å². The van der Waals surface area contributed by atoms with Crippen LogP contribution >= 0.6 is 0 Å². The Kier molecular flexibility index (Phi) is 4.56. The molecule has 1 heterocycles. The maximum absolute atomic E-state index is 12.6. The van der Waals surface area contributed by atoms with Gasteiger partial charge in [-0.3, -0.25) is 9.59 Å². The molecule has 6 nitrogen and oxygen atoms in total. The third-order valence-electron chi connectivity index (χ3n) is 4.66. The molecule has 0 aliphatic heterocycles. The average Bonchev–Trinajstić information content (AvgIpc) is 3.05. The molecule has 0 unspecified atom stereocenters. The lowest BCUT2D eigenvalue weighted by Gasteiger charge is -2.09. The summed E-state index contributed by atoms with van der Waals surface area (Å²) in [6, 6.07) is 17.0. The Morgan fingerprint density at radius 3 is 2.78 bits per heavy atom. The minimum absolute atomic E-state index is 0.187. The summed E-state index contributed by atoms with van der Waals surface area (Å²) in [5.41, 5.74) is 5.51. The van der Waals surface area contributed by atoms with E-state index in [0.717, 1.165) is 12.0 Å². The lowest BCUT2D eigenvalue weighted by molar-refractivity contribution is 0.101. The maximum Gasteiger partial charge on any atom is 0.276 e. The predicted molar refractivity (Wildman–Crippen MR) is 103 cm³/mol. The molecule has 3 aromatic rings. The van der Waals surface area contributed by atoms with Gasteiger partial charge in [0.1, 0.15) is 5.69 Å². The molecule has 2 aromatic carbocycles. The van der Waals surface area contributed by atoms with Crippen LogP contribution in [0.1, 0.15) is 21.6 Å². The topological polar surface area (TPSA) is 73.2 Å². The van der Waals surface area contributed by atoms with Gasteiger partial charge in [0.2, 0.25) is 0 Å². The molecule has 1 aliphatic rings. The standard InChI is InChI=1S/C21H19N3O3/c1-27-11-10-24-20(25)9-8-19(23-24)21(26)22-16-7-6-15-12-14-4-2-3-5-17(14)18(15)13-16/h2-9,13H,10-12H2,1H3,(H,22,26). The zero-order chi connectivity index (χ0) is 18.8. The lowest BCUT2D eigenvalue weighted by Crippen LogP contribution is -2.27. The number of nitrogens with zero attached hydrogens (tertiary/aromatic N) is 2. The van der Waals surface area contributed by atoms with Crippen molar-refractivity contribution in [3.63, 3.8) is 0 Å². The molecule has 1 N–H and O–H groups in total. The van der Waals surface area contributed by atoms with Gasteiger partial charge in [0.25, 0.3) is 11.5 Å². The summed E-state index contributed by atoms with van der Waals surface area (Å²) in [7, 11) is 1.55. The van der Waals surface area contributed by atoms with E-state index in [1.807, 2.05) is 30.3 Å². The Bertz CT molecular complexity index is 1070. The zero-order valence-electron chi connectivity index (χ0n) is 14.9. The van der Waals surface area contributed by atoms with Gasteiger partial charge in [0, 0.05) is 18.9 Å². The van der Waals surface area contributed by atoms with Crippen LogP contribution in [-0.2, 0) is 17.7 Å². The number of benzene rings is 2. The molecule has 0 radical (unpaired) electrons. The molecule has 0 bridgehead atoms. The van der Waals surface area contributed by atoms with Gasteiger partial charge in [-0.15, -0.1) is 0 Å². The fraction of sp³-hybridized carbons (Fsp3) is 0.190. The van der Waals surface area contributed by atoms with Gasteiger partial charge in [-0.05, 0) is 46.9 Å². The highest BCUT2D eigenvalue weighted by Gasteiger charge is 2.18. The SMILES string of the molecule is COCCn1nc(C(=O)Nc2ccc3c(c2)-c2ccccc2C3)ccc1=O. The molecule has 0 fully saturated rings. The fourth-order valence-corrected chi connectivity index (χ4v) is 3.30. The van der Waals surface area contributed by atoms with E-state index < -0.39 is 0 Å². The molecule has 27 heavy (non-hydrogen) atoms. The molecule has 1 aromatic heterocycles. The molecule has 4 rings (SSSR count). The Balaban J connectivity index is 1.57. The second-order valence-electron chi connectivity index (χ2n) is 6.43. The number of methoxy groups -OCH3 is 1. The van der Waals surface area contributed by atoms with Crippen LogP contribution in [0.2, 0.25) is 0 Å². The van der Waals surface area contributed by atoms with E-state index in [2.05, 4.69) is 22.5 Å². The van der Waals surface area contributed by atoms with Gasteiger partial charge in [-0.25, -0.2) is 4.68 Å². The van der Waals surface area contributed by atoms with Crippen molar-refractivity contribution in [1.82, 2.24) is 9.78 Å². The number of nitrogens with one attached hydrogen (secondary N) is 1. The number of rotatable bonds is 5. The van der Waals surface area contributed by atoms with Crippen LogP contribution < -0.4 is 10.9 Å². The summed E-state index contributed by atoms with van der Waals surface area (Å²) < 4.78 is 6.20. The maximum atomic E-state index is 12.6. The Morgan fingerprint density at radius 1 is 1.11 bits per heavy atom. The van der Waals surface area contributed by atoms with Crippen LogP contribution in [0, 0.1) is 0 Å². The summed E-state index contributed by atoms with van der Waals surface area (Å²) in [6.07, 6.45) is 0.908. The van der Waals surface area contributed by atoms with Crippen LogP contribution in [0.4, 0.5) is 5.69 Å². The molecule has 136 valence electrons. The summed E-state index contributed by atoms with van der Waals surface area (Å²) in [5, 5.41) is 7.00. The Morgan fingerprint density at radius 2 is 1.93 bits per heavy atom. The van der Waals surface area contributed by atoms with E-state index in [4.69, 9.17) is 4.74 Å². The molecular formula is C21H19N3O3. The molecule has 0 spiro atoms. The van der Waals surface area contributed by atoms with Crippen LogP contribution in [0.25, 0.3) is 11.1 Å². The number of anilines is 1. The van der Waals surface area contributed by atoms with Crippen LogP contribution in [0.3, 0.4) is 0 Å². The van der Waals surface area contributed by atoms with Crippen molar-refractivity contribution in [2.24, 2.45) is 0 Å². The Labute approximate surface area is 156 Å². The van der Waals surface area contributed by atoms with Gasteiger partial charge >= 0.3 is 0 Å². The summed E-state index contributed by atoms with van der Waals surface area (Å²) in [6.45, 7) is 0.647. The average molecular weight is 361 g/mol. The number of hydrogen-bond donors (Lipinski definition) is 1. The van der Waals surface area contributed by atoms with Crippen molar-refractivity contribution in [1.29, 1.82) is 0 Å². The predicted octanol–water partition coefficient (Wildman–Crippen LogP) is 2.71. The first-order valence-electron chi connectivity index (χ1n) is 8.75. The highest BCUT2D eigenvalue weighted by Crippen LogP contribution is 2.37.